The van der Waals surface area contributed by atoms with E-state index in [4.69, 9.17) is 4.74 Å². The quantitative estimate of drug-likeness (QED) is 0.623. The molecule has 1 aliphatic heterocycles. The molecule has 0 aliphatic carbocycles. The number of anilines is 1. The molecular weight excluding hydrogens is 313 g/mol. The van der Waals surface area contributed by atoms with Crippen molar-refractivity contribution < 1.29 is 9.13 Å². The number of ether oxygens (including phenoxy) is 1. The lowest BCUT2D eigenvalue weighted by Gasteiger charge is -2.43. The van der Waals surface area contributed by atoms with Crippen LogP contribution in [0.5, 0.6) is 5.75 Å². The molecule has 1 atom stereocenters. The SMILES string of the molecule is Fc1ccc(N2CCC2c2ccc(OCc3ccccc3)cc2)cc1. The van der Waals surface area contributed by atoms with Gasteiger partial charge in [0.1, 0.15) is 18.2 Å². The van der Waals surface area contributed by atoms with Gasteiger partial charge in [-0.1, -0.05) is 42.5 Å². The summed E-state index contributed by atoms with van der Waals surface area (Å²) in [5.74, 6) is 0.681. The molecule has 1 unspecified atom stereocenters. The molecule has 1 heterocycles. The summed E-state index contributed by atoms with van der Waals surface area (Å²) >= 11 is 0. The molecule has 0 saturated carbocycles. The Morgan fingerprint density at radius 2 is 1.60 bits per heavy atom. The maximum absolute atomic E-state index is 13.1. The van der Waals surface area contributed by atoms with Crippen molar-refractivity contribution in [2.24, 2.45) is 0 Å². The minimum Gasteiger partial charge on any atom is -0.489 e. The molecule has 3 aromatic rings. The van der Waals surface area contributed by atoms with Gasteiger partial charge in [0.2, 0.25) is 0 Å². The summed E-state index contributed by atoms with van der Waals surface area (Å²) in [6.07, 6.45) is 1.11. The van der Waals surface area contributed by atoms with Crippen LogP contribution in [0.25, 0.3) is 0 Å². The molecule has 2 nitrogen and oxygen atoms in total. The molecule has 3 aromatic carbocycles. The average molecular weight is 333 g/mol. The number of hydrogen-bond acceptors (Lipinski definition) is 2. The topological polar surface area (TPSA) is 12.5 Å². The van der Waals surface area contributed by atoms with E-state index in [1.54, 1.807) is 0 Å². The largest absolute Gasteiger partial charge is 0.489 e. The summed E-state index contributed by atoms with van der Waals surface area (Å²) in [7, 11) is 0. The van der Waals surface area contributed by atoms with E-state index >= 15 is 0 Å². The normalized spacial score (nSPS) is 16.4. The number of nitrogens with zero attached hydrogens (tertiary/aromatic N) is 1. The first-order valence-corrected chi connectivity index (χ1v) is 8.58. The molecule has 25 heavy (non-hydrogen) atoms. The number of hydrogen-bond donors (Lipinski definition) is 0. The second kappa shape index (κ2) is 6.98. The molecule has 0 radical (unpaired) electrons. The summed E-state index contributed by atoms with van der Waals surface area (Å²) < 4.78 is 18.9. The first-order chi connectivity index (χ1) is 12.3. The summed E-state index contributed by atoms with van der Waals surface area (Å²) in [6, 6.07) is 25.5. The van der Waals surface area contributed by atoms with Crippen molar-refractivity contribution in [1.29, 1.82) is 0 Å². The van der Waals surface area contributed by atoms with Crippen molar-refractivity contribution in [3.63, 3.8) is 0 Å². The highest BCUT2D eigenvalue weighted by molar-refractivity contribution is 5.52. The van der Waals surface area contributed by atoms with E-state index in [1.807, 2.05) is 42.5 Å². The van der Waals surface area contributed by atoms with Gasteiger partial charge in [0.15, 0.2) is 0 Å². The Morgan fingerprint density at radius 3 is 2.24 bits per heavy atom. The van der Waals surface area contributed by atoms with Gasteiger partial charge in [-0.25, -0.2) is 4.39 Å². The maximum atomic E-state index is 13.1. The number of halogens is 1. The molecule has 0 amide bonds. The van der Waals surface area contributed by atoms with Crippen LogP contribution in [0.3, 0.4) is 0 Å². The minimum atomic E-state index is -0.194. The van der Waals surface area contributed by atoms with E-state index in [9.17, 15) is 4.39 Å². The molecule has 4 rings (SSSR count). The van der Waals surface area contributed by atoms with Crippen LogP contribution in [-0.4, -0.2) is 6.54 Å². The fourth-order valence-electron chi connectivity index (χ4n) is 3.20. The Hall–Kier alpha value is -2.81. The van der Waals surface area contributed by atoms with Crippen molar-refractivity contribution >= 4 is 5.69 Å². The van der Waals surface area contributed by atoms with E-state index in [-0.39, 0.29) is 5.82 Å². The third-order valence-electron chi connectivity index (χ3n) is 4.69. The van der Waals surface area contributed by atoms with Crippen LogP contribution in [0.2, 0.25) is 0 Å². The lowest BCUT2D eigenvalue weighted by atomic mass is 9.94. The lowest BCUT2D eigenvalue weighted by Crippen LogP contribution is -2.40. The lowest BCUT2D eigenvalue weighted by molar-refractivity contribution is 0.306. The Bertz CT molecular complexity index is 815. The first kappa shape index (κ1) is 15.7. The number of benzene rings is 3. The highest BCUT2D eigenvalue weighted by atomic mass is 19.1. The molecule has 126 valence electrons. The van der Waals surface area contributed by atoms with E-state index in [0.29, 0.717) is 12.6 Å². The van der Waals surface area contributed by atoms with Crippen LogP contribution in [0.15, 0.2) is 78.9 Å². The Balaban J connectivity index is 1.41. The monoisotopic (exact) mass is 333 g/mol. The average Bonchev–Trinajstić information content (AvgIpc) is 2.63. The molecule has 0 bridgehead atoms. The molecule has 0 aromatic heterocycles. The third kappa shape index (κ3) is 3.50. The molecular formula is C22H20FNO. The maximum Gasteiger partial charge on any atom is 0.123 e. The standard InChI is InChI=1S/C22H20FNO/c23-19-8-10-20(11-9-19)24-15-14-22(24)18-6-12-21(13-7-18)25-16-17-4-2-1-3-5-17/h1-13,22H,14-16H2. The Kier molecular flexibility index (Phi) is 4.38. The van der Waals surface area contributed by atoms with Crippen molar-refractivity contribution in [2.75, 3.05) is 11.4 Å². The molecule has 3 heteroatoms. The van der Waals surface area contributed by atoms with Crippen molar-refractivity contribution in [2.45, 2.75) is 19.1 Å². The zero-order chi connectivity index (χ0) is 17.1. The van der Waals surface area contributed by atoms with Crippen LogP contribution in [0.4, 0.5) is 10.1 Å². The zero-order valence-electron chi connectivity index (χ0n) is 13.9. The van der Waals surface area contributed by atoms with Gasteiger partial charge in [-0.15, -0.1) is 0 Å². The molecule has 0 N–H and O–H groups in total. The second-order valence-electron chi connectivity index (χ2n) is 6.32. The van der Waals surface area contributed by atoms with Gasteiger partial charge < -0.3 is 9.64 Å². The summed E-state index contributed by atoms with van der Waals surface area (Å²) in [5.41, 5.74) is 3.50. The summed E-state index contributed by atoms with van der Waals surface area (Å²) in [4.78, 5) is 2.30. The van der Waals surface area contributed by atoms with E-state index in [2.05, 4.69) is 29.2 Å². The highest BCUT2D eigenvalue weighted by Crippen LogP contribution is 2.38. The van der Waals surface area contributed by atoms with E-state index < -0.39 is 0 Å². The zero-order valence-corrected chi connectivity index (χ0v) is 13.9. The van der Waals surface area contributed by atoms with Crippen molar-refractivity contribution in [3.05, 3.63) is 95.8 Å². The Morgan fingerprint density at radius 1 is 0.880 bits per heavy atom. The van der Waals surface area contributed by atoms with Gasteiger partial charge in [-0.3, -0.25) is 0 Å². The predicted octanol–water partition coefficient (Wildman–Crippen LogP) is 5.36. The van der Waals surface area contributed by atoms with Gasteiger partial charge in [-0.05, 0) is 53.9 Å². The van der Waals surface area contributed by atoms with Crippen molar-refractivity contribution in [1.82, 2.24) is 0 Å². The highest BCUT2D eigenvalue weighted by Gasteiger charge is 2.29. The Labute approximate surface area is 147 Å². The number of rotatable bonds is 5. The van der Waals surface area contributed by atoms with E-state index in [0.717, 1.165) is 30.0 Å². The fraction of sp³-hybridized carbons (Fsp3) is 0.182. The second-order valence-corrected chi connectivity index (χ2v) is 6.32. The molecule has 1 saturated heterocycles. The third-order valence-corrected chi connectivity index (χ3v) is 4.69. The van der Waals surface area contributed by atoms with Crippen LogP contribution in [0.1, 0.15) is 23.6 Å². The molecule has 0 spiro atoms. The molecule has 1 fully saturated rings. The van der Waals surface area contributed by atoms with Crippen LogP contribution < -0.4 is 9.64 Å². The van der Waals surface area contributed by atoms with Gasteiger partial charge in [0, 0.05) is 12.2 Å². The predicted molar refractivity (Wildman–Crippen MR) is 98.3 cm³/mol. The first-order valence-electron chi connectivity index (χ1n) is 8.58. The van der Waals surface area contributed by atoms with Gasteiger partial charge in [0.05, 0.1) is 6.04 Å². The van der Waals surface area contributed by atoms with E-state index in [1.165, 1.54) is 17.7 Å². The fourth-order valence-corrected chi connectivity index (χ4v) is 3.20. The summed E-state index contributed by atoms with van der Waals surface area (Å²) in [5, 5.41) is 0. The van der Waals surface area contributed by atoms with Crippen LogP contribution in [0, 0.1) is 5.82 Å². The van der Waals surface area contributed by atoms with Crippen LogP contribution >= 0.6 is 0 Å². The van der Waals surface area contributed by atoms with Gasteiger partial charge in [0.25, 0.3) is 0 Å². The van der Waals surface area contributed by atoms with Gasteiger partial charge >= 0.3 is 0 Å². The van der Waals surface area contributed by atoms with Gasteiger partial charge in [-0.2, -0.15) is 0 Å². The summed E-state index contributed by atoms with van der Waals surface area (Å²) in [6.45, 7) is 1.58. The van der Waals surface area contributed by atoms with Crippen LogP contribution in [-0.2, 0) is 6.61 Å². The smallest absolute Gasteiger partial charge is 0.123 e. The van der Waals surface area contributed by atoms with Crippen molar-refractivity contribution in [3.8, 4) is 5.75 Å². The molecule has 1 aliphatic rings. The minimum absolute atomic E-state index is 0.194.